The van der Waals surface area contributed by atoms with Crippen LogP contribution in [-0.2, 0) is 5.41 Å². The van der Waals surface area contributed by atoms with Gasteiger partial charge in [0.25, 0.3) is 0 Å². The largest absolute Gasteiger partial charge is 0.391 e. The first-order valence-corrected chi connectivity index (χ1v) is 9.60. The number of hydrogen-bond acceptors (Lipinski definition) is 8. The van der Waals surface area contributed by atoms with Gasteiger partial charge < -0.3 is 20.3 Å². The lowest BCUT2D eigenvalue weighted by atomic mass is 9.64. The van der Waals surface area contributed by atoms with Gasteiger partial charge in [0.2, 0.25) is 5.95 Å². The molecular weight excluding hydrogens is 356 g/mol. The Bertz CT molecular complexity index is 965. The van der Waals surface area contributed by atoms with Gasteiger partial charge in [0.05, 0.1) is 11.5 Å². The number of benzene rings is 1. The van der Waals surface area contributed by atoms with Crippen LogP contribution in [0.15, 0.2) is 41.2 Å². The Kier molecular flexibility index (Phi) is 4.01. The van der Waals surface area contributed by atoms with Gasteiger partial charge in [0.1, 0.15) is 0 Å². The van der Waals surface area contributed by atoms with Crippen LogP contribution in [0.4, 0.5) is 12.0 Å². The van der Waals surface area contributed by atoms with Crippen LogP contribution in [0, 0.1) is 0 Å². The van der Waals surface area contributed by atoms with Crippen molar-refractivity contribution in [3.05, 3.63) is 48.0 Å². The molecular formula is C20H22N6O2. The average molecular weight is 378 g/mol. The van der Waals surface area contributed by atoms with E-state index in [1.54, 1.807) is 12.4 Å². The summed E-state index contributed by atoms with van der Waals surface area (Å²) in [6.45, 7) is 1.29. The van der Waals surface area contributed by atoms with Crippen LogP contribution < -0.4 is 10.6 Å². The Morgan fingerprint density at radius 2 is 1.86 bits per heavy atom. The highest BCUT2D eigenvalue weighted by atomic mass is 16.5. The summed E-state index contributed by atoms with van der Waals surface area (Å²) in [5.41, 5.74) is 8.53. The first kappa shape index (κ1) is 17.1. The van der Waals surface area contributed by atoms with Gasteiger partial charge in [0, 0.05) is 31.0 Å². The molecule has 1 aromatic carbocycles. The summed E-state index contributed by atoms with van der Waals surface area (Å²) in [6.07, 6.45) is 7.01. The van der Waals surface area contributed by atoms with Crippen LogP contribution >= 0.6 is 0 Å². The molecule has 1 saturated heterocycles. The van der Waals surface area contributed by atoms with E-state index in [0.717, 1.165) is 49.2 Å². The van der Waals surface area contributed by atoms with Crippen molar-refractivity contribution in [3.8, 4) is 11.1 Å². The molecule has 1 saturated carbocycles. The van der Waals surface area contributed by atoms with E-state index in [1.165, 1.54) is 5.56 Å². The molecule has 0 bridgehead atoms. The minimum atomic E-state index is -0.321. The highest BCUT2D eigenvalue weighted by molar-refractivity contribution is 5.62. The number of aliphatic hydroxyl groups is 1. The van der Waals surface area contributed by atoms with E-state index in [-0.39, 0.29) is 17.5 Å². The van der Waals surface area contributed by atoms with Crippen LogP contribution in [-0.4, -0.2) is 44.4 Å². The predicted molar refractivity (Wildman–Crippen MR) is 104 cm³/mol. The second-order valence-electron chi connectivity index (χ2n) is 7.63. The van der Waals surface area contributed by atoms with E-state index < -0.39 is 0 Å². The number of β-amino-alcohol motifs (C(OH)–C–C–N with tert-alkyl or cyclic N) is 1. The maximum absolute atomic E-state index is 9.75. The van der Waals surface area contributed by atoms with Gasteiger partial charge in [-0.2, -0.15) is 4.98 Å². The lowest BCUT2D eigenvalue weighted by molar-refractivity contribution is 0.197. The van der Waals surface area contributed by atoms with E-state index in [0.29, 0.717) is 12.6 Å². The van der Waals surface area contributed by atoms with Gasteiger partial charge in [-0.15, -0.1) is 0 Å². The summed E-state index contributed by atoms with van der Waals surface area (Å²) in [5.74, 6) is 1.01. The molecule has 1 aliphatic carbocycles. The molecule has 8 nitrogen and oxygen atoms in total. The lowest BCUT2D eigenvalue weighted by Crippen LogP contribution is -2.36. The van der Waals surface area contributed by atoms with E-state index in [2.05, 4.69) is 39.4 Å². The third-order valence-corrected chi connectivity index (χ3v) is 5.93. The standard InChI is InChI=1S/C20H22N6O2/c21-18-22-10-14(11-23-18)13-2-4-15(5-3-13)20(7-1-8-20)17-24-19(28-25-17)26-9-6-16(27)12-26/h2-5,10-11,16,27H,1,6-9,12H2,(H2,21,22,23)/t16-/m1/s1. The topological polar surface area (TPSA) is 114 Å². The highest BCUT2D eigenvalue weighted by Crippen LogP contribution is 2.48. The van der Waals surface area contributed by atoms with E-state index in [1.807, 2.05) is 4.90 Å². The summed E-state index contributed by atoms with van der Waals surface area (Å²) in [7, 11) is 0. The first-order chi connectivity index (χ1) is 13.6. The summed E-state index contributed by atoms with van der Waals surface area (Å²) < 4.78 is 5.53. The first-order valence-electron chi connectivity index (χ1n) is 9.60. The van der Waals surface area contributed by atoms with Gasteiger partial charge in [-0.1, -0.05) is 35.8 Å². The van der Waals surface area contributed by atoms with E-state index >= 15 is 0 Å². The van der Waals surface area contributed by atoms with Crippen molar-refractivity contribution in [2.45, 2.75) is 37.2 Å². The molecule has 2 aliphatic rings. The van der Waals surface area contributed by atoms with Crippen molar-refractivity contribution in [2.75, 3.05) is 23.7 Å². The molecule has 3 aromatic rings. The molecule has 0 spiro atoms. The maximum atomic E-state index is 9.75. The number of aliphatic hydroxyl groups excluding tert-OH is 1. The number of hydrogen-bond donors (Lipinski definition) is 2. The fourth-order valence-electron chi connectivity index (χ4n) is 4.09. The molecule has 0 radical (unpaired) electrons. The Morgan fingerprint density at radius 3 is 2.46 bits per heavy atom. The van der Waals surface area contributed by atoms with Gasteiger partial charge in [-0.05, 0) is 30.4 Å². The molecule has 0 amide bonds. The van der Waals surface area contributed by atoms with Gasteiger partial charge >= 0.3 is 6.01 Å². The Morgan fingerprint density at radius 1 is 1.11 bits per heavy atom. The van der Waals surface area contributed by atoms with Crippen molar-refractivity contribution in [2.24, 2.45) is 0 Å². The molecule has 3 heterocycles. The second kappa shape index (κ2) is 6.56. The minimum Gasteiger partial charge on any atom is -0.391 e. The molecule has 28 heavy (non-hydrogen) atoms. The average Bonchev–Trinajstić information content (AvgIpc) is 3.32. The summed E-state index contributed by atoms with van der Waals surface area (Å²) >= 11 is 0. The predicted octanol–water partition coefficient (Wildman–Crippen LogP) is 2.15. The zero-order valence-electron chi connectivity index (χ0n) is 15.5. The van der Waals surface area contributed by atoms with Crippen LogP contribution in [0.25, 0.3) is 11.1 Å². The van der Waals surface area contributed by atoms with Crippen LogP contribution in [0.5, 0.6) is 0 Å². The normalized spacial score (nSPS) is 20.9. The summed E-state index contributed by atoms with van der Waals surface area (Å²) in [4.78, 5) is 14.8. The molecule has 5 rings (SSSR count). The highest BCUT2D eigenvalue weighted by Gasteiger charge is 2.45. The van der Waals surface area contributed by atoms with Crippen molar-refractivity contribution < 1.29 is 9.63 Å². The van der Waals surface area contributed by atoms with Crippen LogP contribution in [0.2, 0.25) is 0 Å². The zero-order chi connectivity index (χ0) is 19.1. The third-order valence-electron chi connectivity index (χ3n) is 5.93. The van der Waals surface area contributed by atoms with Gasteiger partial charge in [0.15, 0.2) is 5.82 Å². The number of aromatic nitrogens is 4. The van der Waals surface area contributed by atoms with Crippen molar-refractivity contribution in [3.63, 3.8) is 0 Å². The molecule has 3 N–H and O–H groups in total. The molecule has 1 atom stereocenters. The van der Waals surface area contributed by atoms with Crippen LogP contribution in [0.3, 0.4) is 0 Å². The molecule has 0 unspecified atom stereocenters. The van der Waals surface area contributed by atoms with E-state index in [9.17, 15) is 5.11 Å². The van der Waals surface area contributed by atoms with Crippen molar-refractivity contribution >= 4 is 12.0 Å². The molecule has 8 heteroatoms. The fourth-order valence-corrected chi connectivity index (χ4v) is 4.09. The molecule has 2 fully saturated rings. The number of anilines is 2. The van der Waals surface area contributed by atoms with E-state index in [4.69, 9.17) is 15.2 Å². The van der Waals surface area contributed by atoms with Gasteiger partial charge in [-0.3, -0.25) is 0 Å². The quantitative estimate of drug-likeness (QED) is 0.710. The van der Waals surface area contributed by atoms with Crippen LogP contribution in [0.1, 0.15) is 37.1 Å². The number of nitrogen functional groups attached to an aromatic ring is 1. The zero-order valence-corrected chi connectivity index (χ0v) is 15.5. The smallest absolute Gasteiger partial charge is 0.324 e. The van der Waals surface area contributed by atoms with Gasteiger partial charge in [-0.25, -0.2) is 9.97 Å². The summed E-state index contributed by atoms with van der Waals surface area (Å²) in [5, 5.41) is 14.1. The second-order valence-corrected chi connectivity index (χ2v) is 7.63. The third kappa shape index (κ3) is 2.80. The number of nitrogens with two attached hydrogens (primary N) is 1. The summed E-state index contributed by atoms with van der Waals surface area (Å²) in [6, 6.07) is 8.90. The SMILES string of the molecule is Nc1ncc(-c2ccc(C3(c4noc(N5CC[C@@H](O)C5)n4)CCC3)cc2)cn1. The maximum Gasteiger partial charge on any atom is 0.324 e. The van der Waals surface area contributed by atoms with Crippen molar-refractivity contribution in [1.82, 2.24) is 20.1 Å². The Balaban J connectivity index is 1.42. The fraction of sp³-hybridized carbons (Fsp3) is 0.400. The van der Waals surface area contributed by atoms with Crippen molar-refractivity contribution in [1.29, 1.82) is 0 Å². The molecule has 2 aromatic heterocycles. The minimum absolute atomic E-state index is 0.198. The molecule has 1 aliphatic heterocycles. The monoisotopic (exact) mass is 378 g/mol. The number of rotatable bonds is 4. The Hall–Kier alpha value is -3.00. The number of nitrogens with zero attached hydrogens (tertiary/aromatic N) is 5. The molecule has 144 valence electrons. The Labute approximate surface area is 162 Å². The lowest BCUT2D eigenvalue weighted by Gasteiger charge is -2.39.